The summed E-state index contributed by atoms with van der Waals surface area (Å²) in [4.78, 5) is 15.6. The fourth-order valence-corrected chi connectivity index (χ4v) is 1.93. The summed E-state index contributed by atoms with van der Waals surface area (Å²) < 4.78 is 0. The highest BCUT2D eigenvalue weighted by atomic mass is 16.3. The van der Waals surface area contributed by atoms with Crippen LogP contribution in [0.25, 0.3) is 0 Å². The standard InChI is InChI=1S/C12H16N2O2/c1-2-7-13-8-9-14(12(13)16)10-3-5-11(15)6-4-10/h3-6,15H,2,7-9H2,1H3. The summed E-state index contributed by atoms with van der Waals surface area (Å²) in [5.74, 6) is 0.223. The van der Waals surface area contributed by atoms with Crippen LogP contribution >= 0.6 is 0 Å². The minimum absolute atomic E-state index is 0.0625. The van der Waals surface area contributed by atoms with Crippen LogP contribution in [0.5, 0.6) is 5.75 Å². The first-order valence-corrected chi connectivity index (χ1v) is 5.58. The van der Waals surface area contributed by atoms with Crippen LogP contribution in [-0.4, -0.2) is 35.7 Å². The van der Waals surface area contributed by atoms with Crippen LogP contribution in [0.2, 0.25) is 0 Å². The molecular weight excluding hydrogens is 204 g/mol. The van der Waals surface area contributed by atoms with Crippen LogP contribution in [-0.2, 0) is 0 Å². The third-order valence-electron chi connectivity index (χ3n) is 2.75. The van der Waals surface area contributed by atoms with E-state index in [1.165, 1.54) is 0 Å². The van der Waals surface area contributed by atoms with E-state index < -0.39 is 0 Å². The molecule has 1 aromatic rings. The first kappa shape index (κ1) is 10.8. The van der Waals surface area contributed by atoms with Crippen molar-refractivity contribution in [3.63, 3.8) is 0 Å². The first-order valence-electron chi connectivity index (χ1n) is 5.58. The Morgan fingerprint density at radius 3 is 2.56 bits per heavy atom. The minimum atomic E-state index is 0.0625. The first-order chi connectivity index (χ1) is 7.72. The number of hydrogen-bond acceptors (Lipinski definition) is 2. The highest BCUT2D eigenvalue weighted by Gasteiger charge is 2.28. The van der Waals surface area contributed by atoms with Gasteiger partial charge in [-0.2, -0.15) is 0 Å². The molecule has 0 unspecified atom stereocenters. The number of urea groups is 1. The number of carbonyl (C=O) groups excluding carboxylic acids is 1. The normalized spacial score (nSPS) is 15.9. The Kier molecular flexibility index (Phi) is 2.99. The number of nitrogens with zero attached hydrogens (tertiary/aromatic N) is 2. The summed E-state index contributed by atoms with van der Waals surface area (Å²) in [6.45, 7) is 4.39. The Bertz CT molecular complexity index is 375. The Balaban J connectivity index is 2.12. The van der Waals surface area contributed by atoms with Crippen LogP contribution in [0, 0.1) is 0 Å². The molecule has 0 aromatic heterocycles. The Hall–Kier alpha value is -1.71. The van der Waals surface area contributed by atoms with Crippen molar-refractivity contribution in [2.24, 2.45) is 0 Å². The van der Waals surface area contributed by atoms with Crippen molar-refractivity contribution < 1.29 is 9.90 Å². The molecule has 1 N–H and O–H groups in total. The monoisotopic (exact) mass is 220 g/mol. The van der Waals surface area contributed by atoms with Gasteiger partial charge in [0.15, 0.2) is 0 Å². The van der Waals surface area contributed by atoms with E-state index in [0.29, 0.717) is 0 Å². The lowest BCUT2D eigenvalue weighted by molar-refractivity contribution is 0.220. The number of benzene rings is 1. The van der Waals surface area contributed by atoms with Crippen molar-refractivity contribution in [2.45, 2.75) is 13.3 Å². The minimum Gasteiger partial charge on any atom is -0.508 e. The zero-order valence-electron chi connectivity index (χ0n) is 9.39. The molecule has 2 rings (SSSR count). The Morgan fingerprint density at radius 2 is 1.94 bits per heavy atom. The van der Waals surface area contributed by atoms with Gasteiger partial charge >= 0.3 is 6.03 Å². The lowest BCUT2D eigenvalue weighted by Gasteiger charge is -2.18. The number of phenolic OH excluding ortho intramolecular Hbond substituents is 1. The second-order valence-corrected chi connectivity index (χ2v) is 3.94. The molecule has 0 bridgehead atoms. The van der Waals surface area contributed by atoms with Gasteiger partial charge in [-0.25, -0.2) is 4.79 Å². The van der Waals surface area contributed by atoms with Gasteiger partial charge in [-0.1, -0.05) is 6.92 Å². The van der Waals surface area contributed by atoms with Crippen LogP contribution in [0.3, 0.4) is 0 Å². The molecule has 4 heteroatoms. The van der Waals surface area contributed by atoms with Gasteiger partial charge < -0.3 is 10.0 Å². The summed E-state index contributed by atoms with van der Waals surface area (Å²) in [5.41, 5.74) is 0.849. The average Bonchev–Trinajstić information content (AvgIpc) is 2.63. The molecule has 0 saturated carbocycles. The summed E-state index contributed by atoms with van der Waals surface area (Å²) in [6.07, 6.45) is 0.981. The zero-order valence-corrected chi connectivity index (χ0v) is 9.39. The average molecular weight is 220 g/mol. The maximum Gasteiger partial charge on any atom is 0.324 e. The number of phenols is 1. The third-order valence-corrected chi connectivity index (χ3v) is 2.75. The van der Waals surface area contributed by atoms with Crippen LogP contribution in [0.4, 0.5) is 10.5 Å². The molecule has 0 atom stereocenters. The molecule has 2 amide bonds. The van der Waals surface area contributed by atoms with Gasteiger partial charge in [0.1, 0.15) is 5.75 Å². The van der Waals surface area contributed by atoms with E-state index in [9.17, 15) is 9.90 Å². The number of aromatic hydroxyl groups is 1. The van der Waals surface area contributed by atoms with Crippen LogP contribution in [0.15, 0.2) is 24.3 Å². The molecule has 1 fully saturated rings. The molecule has 1 aromatic carbocycles. The highest BCUT2D eigenvalue weighted by Crippen LogP contribution is 2.22. The lowest BCUT2D eigenvalue weighted by Crippen LogP contribution is -2.32. The molecule has 0 radical (unpaired) electrons. The fraction of sp³-hybridized carbons (Fsp3) is 0.417. The smallest absolute Gasteiger partial charge is 0.324 e. The topological polar surface area (TPSA) is 43.8 Å². The third kappa shape index (κ3) is 1.96. The predicted octanol–water partition coefficient (Wildman–Crippen LogP) is 2.04. The lowest BCUT2D eigenvalue weighted by atomic mass is 10.3. The van der Waals surface area contributed by atoms with Crippen LogP contribution in [0.1, 0.15) is 13.3 Å². The highest BCUT2D eigenvalue weighted by molar-refractivity contribution is 5.94. The second kappa shape index (κ2) is 4.43. The number of carbonyl (C=O) groups is 1. The molecule has 1 aliphatic rings. The number of hydrogen-bond donors (Lipinski definition) is 1. The maximum absolute atomic E-state index is 12.0. The van der Waals surface area contributed by atoms with Crippen LogP contribution < -0.4 is 4.90 Å². The number of amides is 2. The molecule has 4 nitrogen and oxygen atoms in total. The van der Waals surface area contributed by atoms with E-state index in [1.54, 1.807) is 29.2 Å². The van der Waals surface area contributed by atoms with Crippen molar-refractivity contribution in [3.8, 4) is 5.75 Å². The van der Waals surface area contributed by atoms with E-state index in [1.807, 2.05) is 4.90 Å². The van der Waals surface area contributed by atoms with E-state index in [0.717, 1.165) is 31.7 Å². The van der Waals surface area contributed by atoms with Crippen molar-refractivity contribution in [1.29, 1.82) is 0 Å². The molecular formula is C12H16N2O2. The molecule has 1 saturated heterocycles. The van der Waals surface area contributed by atoms with E-state index >= 15 is 0 Å². The van der Waals surface area contributed by atoms with E-state index in [2.05, 4.69) is 6.92 Å². The summed E-state index contributed by atoms with van der Waals surface area (Å²) in [6, 6.07) is 6.80. The van der Waals surface area contributed by atoms with Gasteiger partial charge in [-0.05, 0) is 30.7 Å². The molecule has 0 aliphatic carbocycles. The van der Waals surface area contributed by atoms with Gasteiger partial charge in [-0.3, -0.25) is 4.90 Å². The van der Waals surface area contributed by atoms with E-state index in [-0.39, 0.29) is 11.8 Å². The molecule has 86 valence electrons. The summed E-state index contributed by atoms with van der Waals surface area (Å²) in [7, 11) is 0. The van der Waals surface area contributed by atoms with Gasteiger partial charge in [0.2, 0.25) is 0 Å². The van der Waals surface area contributed by atoms with Gasteiger partial charge in [-0.15, -0.1) is 0 Å². The fourth-order valence-electron chi connectivity index (χ4n) is 1.93. The van der Waals surface area contributed by atoms with Crippen molar-refractivity contribution >= 4 is 11.7 Å². The second-order valence-electron chi connectivity index (χ2n) is 3.94. The van der Waals surface area contributed by atoms with Gasteiger partial charge in [0.05, 0.1) is 0 Å². The Morgan fingerprint density at radius 1 is 1.25 bits per heavy atom. The summed E-state index contributed by atoms with van der Waals surface area (Å²) >= 11 is 0. The largest absolute Gasteiger partial charge is 0.508 e. The number of anilines is 1. The molecule has 16 heavy (non-hydrogen) atoms. The quantitative estimate of drug-likeness (QED) is 0.847. The number of rotatable bonds is 3. The maximum atomic E-state index is 12.0. The SMILES string of the molecule is CCCN1CCN(c2ccc(O)cc2)C1=O. The zero-order chi connectivity index (χ0) is 11.5. The van der Waals surface area contributed by atoms with Gasteiger partial charge in [0, 0.05) is 25.3 Å². The molecule has 0 spiro atoms. The van der Waals surface area contributed by atoms with E-state index in [4.69, 9.17) is 0 Å². The van der Waals surface area contributed by atoms with Crippen molar-refractivity contribution in [3.05, 3.63) is 24.3 Å². The molecule has 1 heterocycles. The van der Waals surface area contributed by atoms with Gasteiger partial charge in [0.25, 0.3) is 0 Å². The van der Waals surface area contributed by atoms with Crippen molar-refractivity contribution in [2.75, 3.05) is 24.5 Å². The summed E-state index contributed by atoms with van der Waals surface area (Å²) in [5, 5.41) is 9.19. The Labute approximate surface area is 95.1 Å². The molecule has 1 aliphatic heterocycles. The van der Waals surface area contributed by atoms with Crippen molar-refractivity contribution in [1.82, 2.24) is 4.90 Å². The predicted molar refractivity (Wildman–Crippen MR) is 62.7 cm³/mol.